The highest BCUT2D eigenvalue weighted by Crippen LogP contribution is 2.22. The summed E-state index contributed by atoms with van der Waals surface area (Å²) < 4.78 is 5.13. The van der Waals surface area contributed by atoms with Crippen LogP contribution >= 0.6 is 11.3 Å². The number of nitrogens with one attached hydrogen (secondary N) is 2. The fraction of sp³-hybridized carbons (Fsp3) is 0.143. The highest BCUT2D eigenvalue weighted by atomic mass is 32.1. The Morgan fingerprint density at radius 2 is 2.14 bits per heavy atom. The van der Waals surface area contributed by atoms with Gasteiger partial charge in [-0.15, -0.1) is 11.3 Å². The number of aromatic amines is 1. The van der Waals surface area contributed by atoms with Crippen LogP contribution in [0.25, 0.3) is 0 Å². The Hall–Kier alpha value is -2.74. The molecule has 8 heteroatoms. The zero-order valence-electron chi connectivity index (χ0n) is 11.7. The van der Waals surface area contributed by atoms with Crippen LogP contribution in [-0.2, 0) is 6.42 Å². The van der Waals surface area contributed by atoms with E-state index in [4.69, 9.17) is 4.74 Å². The van der Waals surface area contributed by atoms with Crippen LogP contribution in [0.4, 0.5) is 5.13 Å². The number of carbonyl (C=O) groups is 1. The largest absolute Gasteiger partial charge is 0.497 e. The molecular formula is C14H13N5O2S. The summed E-state index contributed by atoms with van der Waals surface area (Å²) in [7, 11) is 1.64. The average molecular weight is 315 g/mol. The first-order valence-electron chi connectivity index (χ1n) is 6.49. The Morgan fingerprint density at radius 3 is 2.82 bits per heavy atom. The summed E-state index contributed by atoms with van der Waals surface area (Å²) in [6.45, 7) is 0. The summed E-state index contributed by atoms with van der Waals surface area (Å²) in [4.78, 5) is 17.1. The molecule has 0 spiro atoms. The number of ether oxygens (including phenoxy) is 1. The number of thiazole rings is 1. The van der Waals surface area contributed by atoms with Gasteiger partial charge >= 0.3 is 0 Å². The molecule has 0 fully saturated rings. The van der Waals surface area contributed by atoms with E-state index in [2.05, 4.69) is 25.7 Å². The van der Waals surface area contributed by atoms with Crippen LogP contribution in [0.15, 0.2) is 36.7 Å². The SMILES string of the molecule is COc1ccc(Cc2cnc(NC(=O)c3cn[nH]n3)s2)cc1. The van der Waals surface area contributed by atoms with Gasteiger partial charge in [-0.05, 0) is 17.7 Å². The number of anilines is 1. The van der Waals surface area contributed by atoms with Crippen LogP contribution < -0.4 is 10.1 Å². The second kappa shape index (κ2) is 6.35. The Kier molecular flexibility index (Phi) is 4.10. The van der Waals surface area contributed by atoms with Crippen LogP contribution in [0.3, 0.4) is 0 Å². The van der Waals surface area contributed by atoms with Crippen molar-refractivity contribution in [1.82, 2.24) is 20.4 Å². The van der Waals surface area contributed by atoms with Gasteiger partial charge in [0, 0.05) is 17.5 Å². The van der Waals surface area contributed by atoms with Crippen molar-refractivity contribution in [2.24, 2.45) is 0 Å². The number of methoxy groups -OCH3 is 1. The molecule has 0 atom stereocenters. The van der Waals surface area contributed by atoms with Gasteiger partial charge in [-0.2, -0.15) is 15.4 Å². The highest BCUT2D eigenvalue weighted by Gasteiger charge is 2.11. The Bertz CT molecular complexity index is 752. The normalized spacial score (nSPS) is 10.4. The van der Waals surface area contributed by atoms with Crippen LogP contribution in [-0.4, -0.2) is 33.4 Å². The van der Waals surface area contributed by atoms with Crippen LogP contribution in [0.5, 0.6) is 5.75 Å². The number of H-pyrrole nitrogens is 1. The molecule has 2 aromatic heterocycles. The zero-order chi connectivity index (χ0) is 15.4. The van der Waals surface area contributed by atoms with Gasteiger partial charge in [0.1, 0.15) is 5.75 Å². The molecule has 0 unspecified atom stereocenters. The van der Waals surface area contributed by atoms with Gasteiger partial charge in [0.25, 0.3) is 5.91 Å². The van der Waals surface area contributed by atoms with Gasteiger partial charge in [-0.1, -0.05) is 12.1 Å². The standard InChI is InChI=1S/C14H13N5O2S/c1-21-10-4-2-9(3-5-10)6-11-7-15-14(22-11)17-13(20)12-8-16-19-18-12/h2-5,7-8H,6H2,1H3,(H,15,17,20)(H,16,18,19). The zero-order valence-corrected chi connectivity index (χ0v) is 12.6. The van der Waals surface area contributed by atoms with Crippen molar-refractivity contribution >= 4 is 22.4 Å². The van der Waals surface area contributed by atoms with Crippen molar-refractivity contribution in [3.8, 4) is 5.75 Å². The molecule has 0 radical (unpaired) electrons. The first kappa shape index (κ1) is 14.2. The summed E-state index contributed by atoms with van der Waals surface area (Å²) in [6, 6.07) is 7.85. The summed E-state index contributed by atoms with van der Waals surface area (Å²) in [6.07, 6.45) is 3.87. The maximum absolute atomic E-state index is 11.8. The van der Waals surface area contributed by atoms with Gasteiger partial charge in [-0.3, -0.25) is 10.1 Å². The van der Waals surface area contributed by atoms with Crippen molar-refractivity contribution < 1.29 is 9.53 Å². The fourth-order valence-corrected chi connectivity index (χ4v) is 2.71. The van der Waals surface area contributed by atoms with Crippen molar-refractivity contribution in [2.45, 2.75) is 6.42 Å². The smallest absolute Gasteiger partial charge is 0.279 e. The molecule has 0 aliphatic heterocycles. The second-order valence-corrected chi connectivity index (χ2v) is 5.58. The van der Waals surface area contributed by atoms with Crippen molar-refractivity contribution in [3.05, 3.63) is 52.8 Å². The molecule has 1 amide bonds. The molecule has 0 bridgehead atoms. The molecule has 2 heterocycles. The third-order valence-corrected chi connectivity index (χ3v) is 3.87. The van der Waals surface area contributed by atoms with Gasteiger partial charge in [0.15, 0.2) is 10.8 Å². The molecule has 22 heavy (non-hydrogen) atoms. The summed E-state index contributed by atoms with van der Waals surface area (Å²) >= 11 is 1.43. The van der Waals surface area contributed by atoms with E-state index in [0.29, 0.717) is 5.13 Å². The van der Waals surface area contributed by atoms with E-state index in [-0.39, 0.29) is 11.6 Å². The lowest BCUT2D eigenvalue weighted by atomic mass is 10.1. The van der Waals surface area contributed by atoms with E-state index < -0.39 is 0 Å². The monoisotopic (exact) mass is 315 g/mol. The third-order valence-electron chi connectivity index (χ3n) is 2.96. The molecule has 2 N–H and O–H groups in total. The molecule has 0 saturated heterocycles. The van der Waals surface area contributed by atoms with E-state index in [1.807, 2.05) is 24.3 Å². The molecule has 0 aliphatic carbocycles. The van der Waals surface area contributed by atoms with Gasteiger partial charge in [0.05, 0.1) is 13.3 Å². The highest BCUT2D eigenvalue weighted by molar-refractivity contribution is 7.15. The van der Waals surface area contributed by atoms with Gasteiger partial charge in [0.2, 0.25) is 0 Å². The summed E-state index contributed by atoms with van der Waals surface area (Å²) in [5, 5.41) is 12.9. The average Bonchev–Trinajstić information content (AvgIpc) is 3.20. The lowest BCUT2D eigenvalue weighted by molar-refractivity contribution is 0.102. The minimum Gasteiger partial charge on any atom is -0.497 e. The van der Waals surface area contributed by atoms with Gasteiger partial charge in [-0.25, -0.2) is 4.98 Å². The van der Waals surface area contributed by atoms with E-state index >= 15 is 0 Å². The van der Waals surface area contributed by atoms with E-state index in [9.17, 15) is 4.79 Å². The number of amides is 1. The Morgan fingerprint density at radius 1 is 1.32 bits per heavy atom. The Balaban J connectivity index is 1.64. The number of carbonyl (C=O) groups excluding carboxylic acids is 1. The number of benzene rings is 1. The van der Waals surface area contributed by atoms with E-state index in [0.717, 1.165) is 22.6 Å². The maximum Gasteiger partial charge on any atom is 0.279 e. The number of rotatable bonds is 5. The molecule has 0 aliphatic rings. The molecule has 7 nitrogen and oxygen atoms in total. The van der Waals surface area contributed by atoms with E-state index in [1.54, 1.807) is 13.3 Å². The predicted molar refractivity (Wildman–Crippen MR) is 82.2 cm³/mol. The molecule has 3 aromatic rings. The molecule has 3 rings (SSSR count). The number of aromatic nitrogens is 4. The molecule has 1 aromatic carbocycles. The van der Waals surface area contributed by atoms with Crippen LogP contribution in [0.2, 0.25) is 0 Å². The topological polar surface area (TPSA) is 92.8 Å². The van der Waals surface area contributed by atoms with Crippen molar-refractivity contribution in [2.75, 3.05) is 12.4 Å². The van der Waals surface area contributed by atoms with Crippen molar-refractivity contribution in [1.29, 1.82) is 0 Å². The maximum atomic E-state index is 11.8. The minimum absolute atomic E-state index is 0.229. The molecule has 0 saturated carbocycles. The number of hydrogen-bond acceptors (Lipinski definition) is 6. The molecular weight excluding hydrogens is 302 g/mol. The summed E-state index contributed by atoms with van der Waals surface area (Å²) in [5.41, 5.74) is 1.38. The van der Waals surface area contributed by atoms with Crippen LogP contribution in [0, 0.1) is 0 Å². The molecule has 112 valence electrons. The lowest BCUT2D eigenvalue weighted by Crippen LogP contribution is -2.11. The predicted octanol–water partition coefficient (Wildman–Crippen LogP) is 2.11. The van der Waals surface area contributed by atoms with Gasteiger partial charge < -0.3 is 4.74 Å². The summed E-state index contributed by atoms with van der Waals surface area (Å²) in [5.74, 6) is 0.493. The lowest BCUT2D eigenvalue weighted by Gasteiger charge is -2.01. The fourth-order valence-electron chi connectivity index (χ4n) is 1.86. The Labute approximate surface area is 130 Å². The van der Waals surface area contributed by atoms with E-state index in [1.165, 1.54) is 17.5 Å². The third kappa shape index (κ3) is 3.29. The first-order valence-corrected chi connectivity index (χ1v) is 7.31. The number of nitrogens with zero attached hydrogens (tertiary/aromatic N) is 3. The first-order chi connectivity index (χ1) is 10.7. The van der Waals surface area contributed by atoms with Crippen LogP contribution in [0.1, 0.15) is 20.9 Å². The second-order valence-electron chi connectivity index (χ2n) is 4.47. The minimum atomic E-state index is -0.334. The number of hydrogen-bond donors (Lipinski definition) is 2. The quantitative estimate of drug-likeness (QED) is 0.752. The van der Waals surface area contributed by atoms with Crippen molar-refractivity contribution in [3.63, 3.8) is 0 Å².